The van der Waals surface area contributed by atoms with Crippen molar-refractivity contribution in [2.45, 2.75) is 12.8 Å². The van der Waals surface area contributed by atoms with Gasteiger partial charge in [0.25, 0.3) is 0 Å². The van der Waals surface area contributed by atoms with Gasteiger partial charge in [0.15, 0.2) is 0 Å². The summed E-state index contributed by atoms with van der Waals surface area (Å²) < 4.78 is 5.28. The molecule has 4 nitrogen and oxygen atoms in total. The van der Waals surface area contributed by atoms with E-state index in [0.717, 1.165) is 0 Å². The Kier molecular flexibility index (Phi) is 4.62. The van der Waals surface area contributed by atoms with Gasteiger partial charge in [-0.05, 0) is 24.6 Å². The van der Waals surface area contributed by atoms with Gasteiger partial charge in [-0.3, -0.25) is 0 Å². The lowest BCUT2D eigenvalue weighted by Crippen LogP contribution is -2.01. The molecule has 0 saturated carbocycles. The third-order valence-corrected chi connectivity index (χ3v) is 2.20. The summed E-state index contributed by atoms with van der Waals surface area (Å²) in [5.74, 6) is -0.646. The minimum absolute atomic E-state index is 0.0134. The quantitative estimate of drug-likeness (QED) is 0.802. The second kappa shape index (κ2) is 5.99. The van der Waals surface area contributed by atoms with E-state index in [1.165, 1.54) is 12.1 Å². The van der Waals surface area contributed by atoms with Crippen molar-refractivity contribution in [3.05, 3.63) is 28.8 Å². The minimum atomic E-state index is -1.09. The number of rotatable bonds is 5. The van der Waals surface area contributed by atoms with Crippen LogP contribution in [0.1, 0.15) is 23.2 Å². The fourth-order valence-corrected chi connectivity index (χ4v) is 1.30. The summed E-state index contributed by atoms with van der Waals surface area (Å²) in [5.41, 5.74) is 0.0134. The standard InChI is InChI=1S/C11H10ClNO3/c12-10-4-3-8(7-9(10)11(14)15)16-6-2-1-5-13/h3-4,7H,1-2,6H2,(H,14,15). The van der Waals surface area contributed by atoms with Crippen molar-refractivity contribution in [3.8, 4) is 11.8 Å². The highest BCUT2D eigenvalue weighted by atomic mass is 35.5. The summed E-state index contributed by atoms with van der Waals surface area (Å²) in [7, 11) is 0. The molecule has 16 heavy (non-hydrogen) atoms. The molecule has 1 N–H and O–H groups in total. The van der Waals surface area contributed by atoms with Gasteiger partial charge in [-0.2, -0.15) is 5.26 Å². The van der Waals surface area contributed by atoms with Crippen LogP contribution in [0.25, 0.3) is 0 Å². The molecule has 0 aliphatic carbocycles. The summed E-state index contributed by atoms with van der Waals surface area (Å²) in [6.45, 7) is 0.383. The van der Waals surface area contributed by atoms with Crippen molar-refractivity contribution in [2.24, 2.45) is 0 Å². The Labute approximate surface area is 98.0 Å². The molecule has 5 heteroatoms. The van der Waals surface area contributed by atoms with Gasteiger partial charge in [-0.1, -0.05) is 11.6 Å². The van der Waals surface area contributed by atoms with E-state index in [2.05, 4.69) is 0 Å². The lowest BCUT2D eigenvalue weighted by atomic mass is 10.2. The van der Waals surface area contributed by atoms with Crippen LogP contribution in [0, 0.1) is 11.3 Å². The number of ether oxygens (including phenoxy) is 1. The molecule has 0 bridgehead atoms. The number of halogens is 1. The number of carboxylic acids is 1. The lowest BCUT2D eigenvalue weighted by Gasteiger charge is -2.06. The zero-order chi connectivity index (χ0) is 12.0. The Morgan fingerprint density at radius 3 is 2.94 bits per heavy atom. The maximum atomic E-state index is 10.8. The first-order valence-corrected chi connectivity index (χ1v) is 5.05. The summed E-state index contributed by atoms with van der Waals surface area (Å²) in [4.78, 5) is 10.8. The van der Waals surface area contributed by atoms with Crippen molar-refractivity contribution in [1.82, 2.24) is 0 Å². The van der Waals surface area contributed by atoms with Gasteiger partial charge in [-0.15, -0.1) is 0 Å². The second-order valence-corrected chi connectivity index (χ2v) is 3.46. The molecule has 0 fully saturated rings. The molecule has 0 saturated heterocycles. The number of carboxylic acid groups (broad SMARTS) is 1. The van der Waals surface area contributed by atoms with Crippen LogP contribution in [0.2, 0.25) is 5.02 Å². The summed E-state index contributed by atoms with van der Waals surface area (Å²) in [6.07, 6.45) is 1.03. The molecular weight excluding hydrogens is 230 g/mol. The number of aromatic carboxylic acids is 1. The summed E-state index contributed by atoms with van der Waals surface area (Å²) in [6, 6.07) is 6.44. The fraction of sp³-hybridized carbons (Fsp3) is 0.273. The Morgan fingerprint density at radius 1 is 1.56 bits per heavy atom. The van der Waals surface area contributed by atoms with Crippen LogP contribution >= 0.6 is 11.6 Å². The molecule has 0 amide bonds. The van der Waals surface area contributed by atoms with Gasteiger partial charge in [-0.25, -0.2) is 4.79 Å². The van der Waals surface area contributed by atoms with Crippen LogP contribution in [0.4, 0.5) is 0 Å². The van der Waals surface area contributed by atoms with Crippen molar-refractivity contribution >= 4 is 17.6 Å². The first kappa shape index (κ1) is 12.3. The highest BCUT2D eigenvalue weighted by molar-refractivity contribution is 6.33. The van der Waals surface area contributed by atoms with E-state index >= 15 is 0 Å². The van der Waals surface area contributed by atoms with Gasteiger partial charge in [0, 0.05) is 6.42 Å². The molecule has 1 aromatic rings. The zero-order valence-electron chi connectivity index (χ0n) is 8.44. The normalized spacial score (nSPS) is 9.50. The smallest absolute Gasteiger partial charge is 0.337 e. The first-order valence-electron chi connectivity index (χ1n) is 4.67. The maximum Gasteiger partial charge on any atom is 0.337 e. The van der Waals surface area contributed by atoms with Crippen LogP contribution in [-0.2, 0) is 0 Å². The van der Waals surface area contributed by atoms with Crippen molar-refractivity contribution in [1.29, 1.82) is 5.26 Å². The predicted molar refractivity (Wildman–Crippen MR) is 58.8 cm³/mol. The molecule has 0 aliphatic heterocycles. The average Bonchev–Trinajstić information content (AvgIpc) is 2.26. The third-order valence-electron chi connectivity index (χ3n) is 1.87. The molecule has 0 radical (unpaired) electrons. The minimum Gasteiger partial charge on any atom is -0.494 e. The SMILES string of the molecule is N#CCCCOc1ccc(Cl)c(C(=O)O)c1. The molecule has 0 spiro atoms. The molecule has 1 rings (SSSR count). The Hall–Kier alpha value is -1.73. The molecule has 1 aromatic carbocycles. The predicted octanol–water partition coefficient (Wildman–Crippen LogP) is 2.72. The number of nitrogens with zero attached hydrogens (tertiary/aromatic N) is 1. The first-order chi connectivity index (χ1) is 7.65. The molecule has 0 unspecified atom stereocenters. The van der Waals surface area contributed by atoms with Gasteiger partial charge >= 0.3 is 5.97 Å². The number of hydrogen-bond donors (Lipinski definition) is 1. The summed E-state index contributed by atoms with van der Waals surface area (Å²) >= 11 is 5.70. The average molecular weight is 240 g/mol. The zero-order valence-corrected chi connectivity index (χ0v) is 9.20. The molecule has 0 aromatic heterocycles. The number of unbranched alkanes of at least 4 members (excludes halogenated alkanes) is 1. The fourth-order valence-electron chi connectivity index (χ4n) is 1.10. The number of hydrogen-bond acceptors (Lipinski definition) is 3. The van der Waals surface area contributed by atoms with E-state index in [-0.39, 0.29) is 10.6 Å². The lowest BCUT2D eigenvalue weighted by molar-refractivity contribution is 0.0696. The monoisotopic (exact) mass is 239 g/mol. The molecular formula is C11H10ClNO3. The van der Waals surface area contributed by atoms with Crippen LogP contribution in [0.5, 0.6) is 5.75 Å². The Morgan fingerprint density at radius 2 is 2.31 bits per heavy atom. The van der Waals surface area contributed by atoms with Crippen LogP contribution in [0.3, 0.4) is 0 Å². The maximum absolute atomic E-state index is 10.8. The topological polar surface area (TPSA) is 70.3 Å². The van der Waals surface area contributed by atoms with Gasteiger partial charge < -0.3 is 9.84 Å². The van der Waals surface area contributed by atoms with Gasteiger partial charge in [0.2, 0.25) is 0 Å². The van der Waals surface area contributed by atoms with Crippen LogP contribution in [-0.4, -0.2) is 17.7 Å². The number of nitriles is 1. The highest BCUT2D eigenvalue weighted by Crippen LogP contribution is 2.22. The van der Waals surface area contributed by atoms with Crippen LogP contribution in [0.15, 0.2) is 18.2 Å². The molecule has 0 heterocycles. The molecule has 0 atom stereocenters. The van der Waals surface area contributed by atoms with Crippen LogP contribution < -0.4 is 4.74 Å². The van der Waals surface area contributed by atoms with Crippen molar-refractivity contribution in [2.75, 3.05) is 6.61 Å². The van der Waals surface area contributed by atoms with E-state index in [9.17, 15) is 4.79 Å². The van der Waals surface area contributed by atoms with E-state index in [1.54, 1.807) is 6.07 Å². The number of carbonyl (C=O) groups is 1. The highest BCUT2D eigenvalue weighted by Gasteiger charge is 2.09. The Balaban J connectivity index is 2.65. The second-order valence-electron chi connectivity index (χ2n) is 3.06. The van der Waals surface area contributed by atoms with Crippen molar-refractivity contribution < 1.29 is 14.6 Å². The molecule has 0 aliphatic rings. The largest absolute Gasteiger partial charge is 0.494 e. The summed E-state index contributed by atoms with van der Waals surface area (Å²) in [5, 5.41) is 17.3. The van der Waals surface area contributed by atoms with E-state index in [4.69, 9.17) is 26.7 Å². The van der Waals surface area contributed by atoms with Gasteiger partial charge in [0.05, 0.1) is 23.3 Å². The molecule has 84 valence electrons. The van der Waals surface area contributed by atoms with E-state index < -0.39 is 5.97 Å². The number of benzene rings is 1. The van der Waals surface area contributed by atoms with Crippen molar-refractivity contribution in [3.63, 3.8) is 0 Å². The van der Waals surface area contributed by atoms with E-state index in [0.29, 0.717) is 25.2 Å². The van der Waals surface area contributed by atoms with Gasteiger partial charge in [0.1, 0.15) is 5.75 Å². The third kappa shape index (κ3) is 3.44. The Bertz CT molecular complexity index is 426. The van der Waals surface area contributed by atoms with E-state index in [1.807, 2.05) is 6.07 Å².